The van der Waals surface area contributed by atoms with Crippen molar-refractivity contribution in [1.82, 2.24) is 9.97 Å². The van der Waals surface area contributed by atoms with Crippen LogP contribution in [0.4, 0.5) is 28.8 Å². The Hall–Kier alpha value is -4.54. The highest BCUT2D eigenvalue weighted by molar-refractivity contribution is 5.95. The molecule has 3 aromatic rings. The molecule has 0 saturated carbocycles. The summed E-state index contributed by atoms with van der Waals surface area (Å²) in [4.78, 5) is 31.9. The fourth-order valence-electron chi connectivity index (χ4n) is 3.24. The van der Waals surface area contributed by atoms with E-state index >= 15 is 0 Å². The second kappa shape index (κ2) is 10.4. The van der Waals surface area contributed by atoms with Gasteiger partial charge < -0.3 is 34.9 Å². The Labute approximate surface area is 195 Å². The normalized spacial score (nSPS) is 11.8. The minimum Gasteiger partial charge on any atom is -0.486 e. The topological polar surface area (TPSA) is 133 Å². The van der Waals surface area contributed by atoms with Crippen LogP contribution >= 0.6 is 0 Å². The number of rotatable bonds is 9. The number of nitrogens with one attached hydrogen (secondary N) is 3. The molecule has 34 heavy (non-hydrogen) atoms. The maximum Gasteiger partial charge on any atom is 0.343 e. The molecule has 4 rings (SSSR count). The van der Waals surface area contributed by atoms with Crippen molar-refractivity contribution in [2.24, 2.45) is 0 Å². The SMILES string of the molecule is CCOC(=O)c1cnc(Nc2ccc(OC=O)c(NC)c2)nc1Nc1ccc2c(c1)OCCO2. The molecule has 0 bridgehead atoms. The summed E-state index contributed by atoms with van der Waals surface area (Å²) in [6.07, 6.45) is 1.39. The van der Waals surface area contributed by atoms with Gasteiger partial charge >= 0.3 is 5.97 Å². The van der Waals surface area contributed by atoms with E-state index in [-0.39, 0.29) is 23.9 Å². The molecule has 176 valence electrons. The first-order valence-corrected chi connectivity index (χ1v) is 10.5. The molecule has 2 heterocycles. The van der Waals surface area contributed by atoms with Crippen molar-refractivity contribution in [2.75, 3.05) is 42.8 Å². The number of ether oxygens (including phenoxy) is 4. The van der Waals surface area contributed by atoms with Gasteiger partial charge in [-0.2, -0.15) is 4.98 Å². The second-order valence-corrected chi connectivity index (χ2v) is 6.96. The van der Waals surface area contributed by atoms with Gasteiger partial charge in [-0.25, -0.2) is 9.78 Å². The van der Waals surface area contributed by atoms with Crippen molar-refractivity contribution in [3.05, 3.63) is 48.2 Å². The molecule has 0 aliphatic carbocycles. The largest absolute Gasteiger partial charge is 0.486 e. The van der Waals surface area contributed by atoms with Gasteiger partial charge in [0.1, 0.15) is 18.8 Å². The molecule has 0 saturated heterocycles. The van der Waals surface area contributed by atoms with Crippen LogP contribution in [0.1, 0.15) is 17.3 Å². The summed E-state index contributed by atoms with van der Waals surface area (Å²) in [5, 5.41) is 9.17. The molecule has 2 aromatic carbocycles. The molecule has 1 aromatic heterocycles. The monoisotopic (exact) mass is 465 g/mol. The summed E-state index contributed by atoms with van der Waals surface area (Å²) in [7, 11) is 1.71. The second-order valence-electron chi connectivity index (χ2n) is 6.96. The Morgan fingerprint density at radius 2 is 1.85 bits per heavy atom. The molecule has 0 spiro atoms. The Morgan fingerprint density at radius 3 is 2.62 bits per heavy atom. The zero-order valence-electron chi connectivity index (χ0n) is 18.6. The minimum atomic E-state index is -0.554. The van der Waals surface area contributed by atoms with Gasteiger partial charge in [0, 0.05) is 30.7 Å². The van der Waals surface area contributed by atoms with Crippen LogP contribution < -0.4 is 30.2 Å². The van der Waals surface area contributed by atoms with Crippen molar-refractivity contribution >= 4 is 41.3 Å². The third-order valence-electron chi connectivity index (χ3n) is 4.77. The Morgan fingerprint density at radius 1 is 1.09 bits per heavy atom. The van der Waals surface area contributed by atoms with E-state index in [1.165, 1.54) is 6.20 Å². The molecular weight excluding hydrogens is 442 g/mol. The number of anilines is 5. The maximum atomic E-state index is 12.5. The number of carbonyl (C=O) groups is 2. The molecule has 11 nitrogen and oxygen atoms in total. The van der Waals surface area contributed by atoms with Crippen molar-refractivity contribution in [3.63, 3.8) is 0 Å². The Bertz CT molecular complexity index is 1200. The molecular formula is C23H23N5O6. The molecule has 0 unspecified atom stereocenters. The number of nitrogens with zero attached hydrogens (tertiary/aromatic N) is 2. The van der Waals surface area contributed by atoms with Gasteiger partial charge in [0.05, 0.1) is 12.3 Å². The van der Waals surface area contributed by atoms with Crippen LogP contribution in [0.2, 0.25) is 0 Å². The van der Waals surface area contributed by atoms with E-state index in [2.05, 4.69) is 25.9 Å². The van der Waals surface area contributed by atoms with E-state index < -0.39 is 5.97 Å². The predicted octanol–water partition coefficient (Wildman–Crippen LogP) is 3.49. The number of benzene rings is 2. The molecule has 0 atom stereocenters. The number of hydrogen-bond acceptors (Lipinski definition) is 11. The van der Waals surface area contributed by atoms with Gasteiger partial charge in [0.25, 0.3) is 6.47 Å². The average Bonchev–Trinajstić information content (AvgIpc) is 2.85. The third kappa shape index (κ3) is 5.09. The fraction of sp³-hybridized carbons (Fsp3) is 0.217. The predicted molar refractivity (Wildman–Crippen MR) is 125 cm³/mol. The van der Waals surface area contributed by atoms with E-state index in [0.29, 0.717) is 54.0 Å². The van der Waals surface area contributed by atoms with Gasteiger partial charge in [0.15, 0.2) is 23.1 Å². The van der Waals surface area contributed by atoms with E-state index in [0.717, 1.165) is 0 Å². The van der Waals surface area contributed by atoms with Gasteiger partial charge in [-0.15, -0.1) is 0 Å². The summed E-state index contributed by atoms with van der Waals surface area (Å²) in [5.74, 6) is 1.56. The lowest BCUT2D eigenvalue weighted by Crippen LogP contribution is -2.15. The molecule has 0 fully saturated rings. The summed E-state index contributed by atoms with van der Waals surface area (Å²) in [6.45, 7) is 3.24. The summed E-state index contributed by atoms with van der Waals surface area (Å²) in [6, 6.07) is 10.4. The van der Waals surface area contributed by atoms with E-state index in [1.807, 2.05) is 0 Å². The van der Waals surface area contributed by atoms with Crippen LogP contribution in [-0.4, -0.2) is 49.3 Å². The minimum absolute atomic E-state index is 0.174. The van der Waals surface area contributed by atoms with Gasteiger partial charge in [-0.1, -0.05) is 0 Å². The van der Waals surface area contributed by atoms with Gasteiger partial charge in [-0.05, 0) is 37.3 Å². The standard InChI is InChI=1S/C23H23N5O6/c1-3-31-22(30)16-12-25-23(27-14-4-6-18(34-13-29)17(10-14)24-2)28-21(16)26-15-5-7-19-20(11-15)33-9-8-32-19/h4-7,10-13,24H,3,8-9H2,1-2H3,(H2,25,26,27,28). The number of aromatic nitrogens is 2. The van der Waals surface area contributed by atoms with Crippen LogP contribution in [0.3, 0.4) is 0 Å². The first-order valence-electron chi connectivity index (χ1n) is 10.5. The highest BCUT2D eigenvalue weighted by Gasteiger charge is 2.18. The number of fused-ring (bicyclic) bond motifs is 1. The van der Waals surface area contributed by atoms with Crippen LogP contribution in [0.25, 0.3) is 0 Å². The fourth-order valence-corrected chi connectivity index (χ4v) is 3.24. The van der Waals surface area contributed by atoms with Crippen LogP contribution in [-0.2, 0) is 9.53 Å². The van der Waals surface area contributed by atoms with E-state index in [4.69, 9.17) is 18.9 Å². The highest BCUT2D eigenvalue weighted by Crippen LogP contribution is 2.34. The summed E-state index contributed by atoms with van der Waals surface area (Å²) in [5.41, 5.74) is 2.05. The number of carbonyl (C=O) groups excluding carboxylic acids is 2. The molecule has 3 N–H and O–H groups in total. The molecule has 0 amide bonds. The van der Waals surface area contributed by atoms with E-state index in [9.17, 15) is 9.59 Å². The van der Waals surface area contributed by atoms with Crippen molar-refractivity contribution in [3.8, 4) is 17.2 Å². The van der Waals surface area contributed by atoms with Crippen LogP contribution in [0.15, 0.2) is 42.6 Å². The van der Waals surface area contributed by atoms with Crippen LogP contribution in [0, 0.1) is 0 Å². The lowest BCUT2D eigenvalue weighted by Gasteiger charge is -2.19. The first kappa shape index (κ1) is 22.6. The van der Waals surface area contributed by atoms with Crippen LogP contribution in [0.5, 0.6) is 17.2 Å². The Balaban J connectivity index is 1.63. The smallest absolute Gasteiger partial charge is 0.343 e. The number of esters is 1. The lowest BCUT2D eigenvalue weighted by atomic mass is 10.2. The van der Waals surface area contributed by atoms with Crippen molar-refractivity contribution < 1.29 is 28.5 Å². The highest BCUT2D eigenvalue weighted by atomic mass is 16.6. The Kier molecular flexibility index (Phi) is 6.92. The van der Waals surface area contributed by atoms with Gasteiger partial charge in [-0.3, -0.25) is 4.79 Å². The zero-order chi connectivity index (χ0) is 23.9. The molecule has 0 radical (unpaired) electrons. The van der Waals surface area contributed by atoms with E-state index in [1.54, 1.807) is 50.4 Å². The molecule has 1 aliphatic rings. The van der Waals surface area contributed by atoms with Crippen molar-refractivity contribution in [2.45, 2.75) is 6.92 Å². The maximum absolute atomic E-state index is 12.5. The van der Waals surface area contributed by atoms with Crippen molar-refractivity contribution in [1.29, 1.82) is 0 Å². The zero-order valence-corrected chi connectivity index (χ0v) is 18.6. The molecule has 11 heteroatoms. The summed E-state index contributed by atoms with van der Waals surface area (Å²) < 4.78 is 21.3. The first-order chi connectivity index (χ1) is 16.6. The summed E-state index contributed by atoms with van der Waals surface area (Å²) >= 11 is 0. The third-order valence-corrected chi connectivity index (χ3v) is 4.77. The average molecular weight is 465 g/mol. The molecule has 1 aliphatic heterocycles. The quantitative estimate of drug-likeness (QED) is 0.317. The van der Waals surface area contributed by atoms with Gasteiger partial charge in [0.2, 0.25) is 5.95 Å². The number of hydrogen-bond donors (Lipinski definition) is 3. The lowest BCUT2D eigenvalue weighted by molar-refractivity contribution is -0.120.